The van der Waals surface area contributed by atoms with Crippen LogP contribution in [0, 0.1) is 5.41 Å². The third-order valence-electron chi connectivity index (χ3n) is 4.01. The number of hydrogen-bond acceptors (Lipinski definition) is 7. The molecule has 0 saturated carbocycles. The van der Waals surface area contributed by atoms with Crippen LogP contribution >= 0.6 is 11.3 Å². The summed E-state index contributed by atoms with van der Waals surface area (Å²) in [4.78, 5) is 33.6. The second-order valence-corrected chi connectivity index (χ2v) is 9.54. The highest BCUT2D eigenvalue weighted by atomic mass is 32.2. The van der Waals surface area contributed by atoms with Crippen molar-refractivity contribution in [2.75, 3.05) is 6.54 Å². The summed E-state index contributed by atoms with van der Waals surface area (Å²) >= 11 is 1.10. The molecule has 202 valence electrons. The summed E-state index contributed by atoms with van der Waals surface area (Å²) in [5.41, 5.74) is 5.87. The molecule has 8 N–H and O–H groups in total. The number of aliphatic carboxylic acids is 2. The number of nitrogens with one attached hydrogen (secondary N) is 4. The van der Waals surface area contributed by atoms with Gasteiger partial charge in [0.25, 0.3) is 5.91 Å². The molecule has 1 aromatic carbocycles. The van der Waals surface area contributed by atoms with E-state index in [4.69, 9.17) is 21.0 Å². The van der Waals surface area contributed by atoms with Gasteiger partial charge in [-0.2, -0.15) is 17.9 Å². The van der Waals surface area contributed by atoms with Gasteiger partial charge in [0.1, 0.15) is 6.04 Å². The standard InChI is InChI=1S/C18H21N5O5S2.C2HF3O2/c1-2-12(22-18(19)20)14-8-9-15(29-14)16(24)21-10-13(17(25)26)23-30(27,28)11-6-4-3-5-7-11;3-2(4,5)1(6)7/h2-9,13,23H,10H2,1H3,(H,21,24)(H,25,26)(H4,19,20,22);(H,6,7)/b12-2+;/t13-;/m0./s1. The largest absolute Gasteiger partial charge is 0.490 e. The molecule has 0 aliphatic heterocycles. The Kier molecular flexibility index (Phi) is 11.2. The van der Waals surface area contributed by atoms with Gasteiger partial charge in [-0.05, 0) is 31.2 Å². The van der Waals surface area contributed by atoms with Crippen molar-refractivity contribution in [1.29, 1.82) is 5.41 Å². The smallest absolute Gasteiger partial charge is 0.480 e. The Morgan fingerprint density at radius 2 is 1.65 bits per heavy atom. The van der Waals surface area contributed by atoms with Crippen LogP contribution in [0.15, 0.2) is 53.4 Å². The number of guanidine groups is 1. The number of halogens is 3. The predicted molar refractivity (Wildman–Crippen MR) is 127 cm³/mol. The summed E-state index contributed by atoms with van der Waals surface area (Å²) in [7, 11) is -4.07. The lowest BCUT2D eigenvalue weighted by Crippen LogP contribution is -2.48. The summed E-state index contributed by atoms with van der Waals surface area (Å²) in [5.74, 6) is -5.00. The van der Waals surface area contributed by atoms with Crippen molar-refractivity contribution >= 4 is 50.9 Å². The molecule has 17 heteroatoms. The Hall–Kier alpha value is -3.96. The van der Waals surface area contributed by atoms with E-state index in [1.165, 1.54) is 30.3 Å². The number of amides is 1. The summed E-state index contributed by atoms with van der Waals surface area (Å²) in [6.07, 6.45) is -3.40. The lowest BCUT2D eigenvalue weighted by molar-refractivity contribution is -0.192. The lowest BCUT2D eigenvalue weighted by Gasteiger charge is -2.15. The zero-order chi connectivity index (χ0) is 28.4. The van der Waals surface area contributed by atoms with Crippen LogP contribution in [0.5, 0.6) is 0 Å². The molecule has 0 aliphatic rings. The lowest BCUT2D eigenvalue weighted by atomic mass is 10.3. The first kappa shape index (κ1) is 31.1. The van der Waals surface area contributed by atoms with Crippen LogP contribution < -0.4 is 21.1 Å². The van der Waals surface area contributed by atoms with E-state index in [-0.39, 0.29) is 15.7 Å². The summed E-state index contributed by atoms with van der Waals surface area (Å²) in [6, 6.07) is 8.96. The fourth-order valence-corrected chi connectivity index (χ4v) is 4.51. The Labute approximate surface area is 212 Å². The molecule has 1 atom stereocenters. The first-order valence-electron chi connectivity index (χ1n) is 9.84. The quantitative estimate of drug-likeness (QED) is 0.173. The van der Waals surface area contributed by atoms with Gasteiger partial charge in [-0.15, -0.1) is 11.3 Å². The van der Waals surface area contributed by atoms with Gasteiger partial charge in [0.15, 0.2) is 5.96 Å². The van der Waals surface area contributed by atoms with E-state index >= 15 is 0 Å². The summed E-state index contributed by atoms with van der Waals surface area (Å²) < 4.78 is 58.5. The van der Waals surface area contributed by atoms with Crippen LogP contribution in [-0.4, -0.2) is 61.2 Å². The van der Waals surface area contributed by atoms with E-state index in [1.54, 1.807) is 25.1 Å². The van der Waals surface area contributed by atoms with E-state index in [2.05, 4.69) is 15.4 Å². The van der Waals surface area contributed by atoms with Crippen LogP contribution in [0.2, 0.25) is 0 Å². The third-order valence-corrected chi connectivity index (χ3v) is 6.62. The van der Waals surface area contributed by atoms with E-state index in [0.717, 1.165) is 11.3 Å². The van der Waals surface area contributed by atoms with Crippen LogP contribution in [-0.2, 0) is 19.6 Å². The minimum atomic E-state index is -5.08. The van der Waals surface area contributed by atoms with Crippen LogP contribution in [0.1, 0.15) is 21.5 Å². The molecule has 0 fully saturated rings. The van der Waals surface area contributed by atoms with Crippen molar-refractivity contribution in [3.63, 3.8) is 0 Å². The maximum atomic E-state index is 12.4. The molecule has 0 radical (unpaired) electrons. The summed E-state index contributed by atoms with van der Waals surface area (Å²) in [6.45, 7) is 1.29. The van der Waals surface area contributed by atoms with Gasteiger partial charge in [0.05, 0.1) is 20.3 Å². The van der Waals surface area contributed by atoms with Crippen LogP contribution in [0.25, 0.3) is 5.70 Å². The number of sulfonamides is 1. The first-order chi connectivity index (χ1) is 17.1. The number of thiophene rings is 1. The molecule has 2 rings (SSSR count). The molecular weight excluding hydrogens is 543 g/mol. The molecule has 0 spiro atoms. The van der Waals surface area contributed by atoms with Crippen LogP contribution in [0.4, 0.5) is 13.2 Å². The zero-order valence-electron chi connectivity index (χ0n) is 18.9. The fourth-order valence-electron chi connectivity index (χ4n) is 2.34. The van der Waals surface area contributed by atoms with Crippen molar-refractivity contribution in [2.45, 2.75) is 24.0 Å². The molecule has 0 saturated heterocycles. The predicted octanol–water partition coefficient (Wildman–Crippen LogP) is 1.39. The van der Waals surface area contributed by atoms with E-state index in [9.17, 15) is 36.3 Å². The number of carboxylic acids is 2. The number of carbonyl (C=O) groups is 3. The van der Waals surface area contributed by atoms with E-state index in [0.29, 0.717) is 10.6 Å². The average Bonchev–Trinajstić information content (AvgIpc) is 3.30. The van der Waals surface area contributed by atoms with Crippen molar-refractivity contribution in [3.05, 3.63) is 58.3 Å². The van der Waals surface area contributed by atoms with Crippen molar-refractivity contribution in [1.82, 2.24) is 15.4 Å². The number of nitrogens with two attached hydrogens (primary N) is 1. The Bertz CT molecular complexity index is 1260. The van der Waals surface area contributed by atoms with Gasteiger partial charge < -0.3 is 26.6 Å². The van der Waals surface area contributed by atoms with Gasteiger partial charge in [-0.1, -0.05) is 24.3 Å². The SMILES string of the molecule is C/C=C(/NC(=N)N)c1ccc(C(=O)NC[C@H](NS(=O)(=O)c2ccccc2)C(=O)O)s1.O=C(O)C(F)(F)F. The number of allylic oxidation sites excluding steroid dienone is 1. The number of benzene rings is 1. The Morgan fingerprint density at radius 1 is 1.11 bits per heavy atom. The minimum absolute atomic E-state index is 0.0812. The molecule has 0 bridgehead atoms. The summed E-state index contributed by atoms with van der Waals surface area (Å²) in [5, 5.41) is 28.8. The Morgan fingerprint density at radius 3 is 2.11 bits per heavy atom. The highest BCUT2D eigenvalue weighted by Gasteiger charge is 2.38. The number of hydrogen-bond donors (Lipinski definition) is 7. The molecular formula is C20H22F3N5O7S2. The molecule has 0 unspecified atom stereocenters. The van der Waals surface area contributed by atoms with Crippen molar-refractivity contribution in [2.24, 2.45) is 5.73 Å². The molecule has 2 aromatic rings. The molecule has 1 heterocycles. The molecule has 1 aromatic heterocycles. The molecule has 12 nitrogen and oxygen atoms in total. The number of alkyl halides is 3. The van der Waals surface area contributed by atoms with Gasteiger partial charge in [-0.3, -0.25) is 15.0 Å². The Balaban J connectivity index is 0.000000856. The molecule has 37 heavy (non-hydrogen) atoms. The maximum Gasteiger partial charge on any atom is 0.490 e. The van der Waals surface area contributed by atoms with Crippen molar-refractivity contribution < 1.29 is 46.2 Å². The number of carbonyl (C=O) groups excluding carboxylic acids is 1. The second kappa shape index (κ2) is 13.4. The molecule has 1 amide bonds. The normalized spacial score (nSPS) is 12.5. The topological polar surface area (TPSA) is 212 Å². The zero-order valence-corrected chi connectivity index (χ0v) is 20.5. The monoisotopic (exact) mass is 565 g/mol. The van der Waals surface area contributed by atoms with E-state index in [1.807, 2.05) is 0 Å². The second-order valence-electron chi connectivity index (χ2n) is 6.74. The minimum Gasteiger partial charge on any atom is -0.480 e. The van der Waals surface area contributed by atoms with Gasteiger partial charge in [-0.25, -0.2) is 13.2 Å². The third kappa shape index (κ3) is 10.3. The maximum absolute atomic E-state index is 12.4. The number of carboxylic acid groups (broad SMARTS) is 2. The highest BCUT2D eigenvalue weighted by molar-refractivity contribution is 7.89. The van der Waals surface area contributed by atoms with Crippen molar-refractivity contribution in [3.8, 4) is 0 Å². The highest BCUT2D eigenvalue weighted by Crippen LogP contribution is 2.22. The average molecular weight is 566 g/mol. The number of rotatable bonds is 9. The van der Waals surface area contributed by atoms with Gasteiger partial charge in [0, 0.05) is 6.54 Å². The van der Waals surface area contributed by atoms with Crippen LogP contribution in [0.3, 0.4) is 0 Å². The van der Waals surface area contributed by atoms with E-state index < -0.39 is 46.6 Å². The first-order valence-corrected chi connectivity index (χ1v) is 12.1. The van der Waals surface area contributed by atoms with Gasteiger partial charge in [0.2, 0.25) is 10.0 Å². The molecule has 0 aliphatic carbocycles. The fraction of sp³-hybridized carbons (Fsp3) is 0.200. The van der Waals surface area contributed by atoms with Gasteiger partial charge >= 0.3 is 18.1 Å².